The van der Waals surface area contributed by atoms with Crippen LogP contribution in [-0.4, -0.2) is 43.0 Å². The zero-order valence-electron chi connectivity index (χ0n) is 21.8. The summed E-state index contributed by atoms with van der Waals surface area (Å²) in [5, 5.41) is 7.89. The summed E-state index contributed by atoms with van der Waals surface area (Å²) >= 11 is 0. The summed E-state index contributed by atoms with van der Waals surface area (Å²) in [7, 11) is 0. The van der Waals surface area contributed by atoms with E-state index in [1.165, 1.54) is 16.6 Å². The van der Waals surface area contributed by atoms with Crippen molar-refractivity contribution in [1.29, 1.82) is 0 Å². The number of fused-ring (bicyclic) bond motifs is 1. The van der Waals surface area contributed by atoms with Crippen LogP contribution in [0, 0.1) is 17.6 Å². The Morgan fingerprint density at radius 3 is 2.67 bits per heavy atom. The number of likely N-dealkylation sites (tertiary alicyclic amines) is 1. The number of nitrogens with zero attached hydrogens (tertiary/aromatic N) is 5. The van der Waals surface area contributed by atoms with Crippen LogP contribution in [-0.2, 0) is 11.3 Å². The van der Waals surface area contributed by atoms with E-state index in [4.69, 9.17) is 5.73 Å². The number of aromatic nitrogens is 4. The molecule has 4 heterocycles. The summed E-state index contributed by atoms with van der Waals surface area (Å²) in [6.07, 6.45) is 9.38. The maximum Gasteiger partial charge on any atom is 0.229 e. The third-order valence-corrected chi connectivity index (χ3v) is 7.81. The van der Waals surface area contributed by atoms with Crippen LogP contribution in [0.25, 0.3) is 16.8 Å². The van der Waals surface area contributed by atoms with Crippen LogP contribution >= 0.6 is 0 Å². The van der Waals surface area contributed by atoms with E-state index >= 15 is 8.78 Å². The van der Waals surface area contributed by atoms with Gasteiger partial charge in [-0.3, -0.25) is 9.78 Å². The fourth-order valence-corrected chi connectivity index (χ4v) is 6.05. The van der Waals surface area contributed by atoms with Gasteiger partial charge < -0.3 is 16.0 Å². The lowest BCUT2D eigenvalue weighted by molar-refractivity contribution is -0.128. The topological polar surface area (TPSA) is 101 Å². The van der Waals surface area contributed by atoms with Crippen molar-refractivity contribution < 1.29 is 13.6 Å². The Balaban J connectivity index is 1.30. The van der Waals surface area contributed by atoms with Gasteiger partial charge in [-0.1, -0.05) is 6.92 Å². The molecule has 6 rings (SSSR count). The standard InChI is InChI=1S/C29H31F2N7O/c1-17-9-19(13-20(32)10-17)22-6-7-33-15-26(22)35-29-34-14-21-4-5-25(36-38(21)29)28-23(30)11-18(12-24(28)31)16-37-8-2-3-27(37)39/h4-7,11-12,14-15,17,19-20H,2-3,8-10,13,16,32H2,1H3,(H,34,35). The number of carbonyl (C=O) groups is 1. The lowest BCUT2D eigenvalue weighted by Crippen LogP contribution is -2.31. The molecule has 3 atom stereocenters. The molecule has 1 aliphatic heterocycles. The Bertz CT molecular complexity index is 1500. The molecule has 1 aromatic carbocycles. The predicted octanol–water partition coefficient (Wildman–Crippen LogP) is 5.17. The van der Waals surface area contributed by atoms with Crippen LogP contribution in [0.3, 0.4) is 0 Å². The van der Waals surface area contributed by atoms with Crippen molar-refractivity contribution >= 4 is 23.1 Å². The molecule has 3 unspecified atom stereocenters. The number of benzene rings is 1. The van der Waals surface area contributed by atoms with Crippen LogP contribution in [0.1, 0.15) is 56.1 Å². The van der Waals surface area contributed by atoms with Gasteiger partial charge in [0.05, 0.1) is 34.9 Å². The minimum atomic E-state index is -0.726. The molecule has 4 aromatic rings. The van der Waals surface area contributed by atoms with E-state index in [1.54, 1.807) is 35.6 Å². The van der Waals surface area contributed by atoms with E-state index in [9.17, 15) is 4.79 Å². The molecule has 1 aliphatic carbocycles. The van der Waals surface area contributed by atoms with Gasteiger partial charge in [-0.2, -0.15) is 9.61 Å². The van der Waals surface area contributed by atoms with Crippen molar-refractivity contribution in [2.75, 3.05) is 11.9 Å². The van der Waals surface area contributed by atoms with Gasteiger partial charge in [-0.05, 0) is 79.0 Å². The smallest absolute Gasteiger partial charge is 0.229 e. The predicted molar refractivity (Wildman–Crippen MR) is 144 cm³/mol. The number of imidazole rings is 1. The molecule has 3 N–H and O–H groups in total. The fourth-order valence-electron chi connectivity index (χ4n) is 6.05. The first-order chi connectivity index (χ1) is 18.9. The molecule has 10 heteroatoms. The number of hydrogen-bond acceptors (Lipinski definition) is 6. The molecule has 0 spiro atoms. The summed E-state index contributed by atoms with van der Waals surface area (Å²) in [4.78, 5) is 22.3. The second-order valence-corrected chi connectivity index (χ2v) is 10.8. The quantitative estimate of drug-likeness (QED) is 0.356. The molecule has 0 bridgehead atoms. The molecule has 2 aliphatic rings. The van der Waals surface area contributed by atoms with E-state index < -0.39 is 11.6 Å². The molecular formula is C29H31F2N7O. The summed E-state index contributed by atoms with van der Waals surface area (Å²) in [6, 6.07) is 8.02. The van der Waals surface area contributed by atoms with Gasteiger partial charge in [0.2, 0.25) is 11.9 Å². The Hall–Kier alpha value is -3.92. The molecule has 39 heavy (non-hydrogen) atoms. The monoisotopic (exact) mass is 531 g/mol. The van der Waals surface area contributed by atoms with Gasteiger partial charge in [0.15, 0.2) is 0 Å². The lowest BCUT2D eigenvalue weighted by atomic mass is 9.76. The highest BCUT2D eigenvalue weighted by atomic mass is 19.1. The molecule has 2 fully saturated rings. The highest BCUT2D eigenvalue weighted by molar-refractivity contribution is 5.78. The highest BCUT2D eigenvalue weighted by Gasteiger charge is 2.27. The average molecular weight is 532 g/mol. The van der Waals surface area contributed by atoms with Crippen molar-refractivity contribution in [2.45, 2.75) is 57.5 Å². The van der Waals surface area contributed by atoms with E-state index in [2.05, 4.69) is 27.3 Å². The van der Waals surface area contributed by atoms with Gasteiger partial charge in [0.1, 0.15) is 11.6 Å². The molecule has 1 saturated heterocycles. The van der Waals surface area contributed by atoms with Crippen molar-refractivity contribution in [2.24, 2.45) is 11.7 Å². The van der Waals surface area contributed by atoms with Crippen LogP contribution in [0.2, 0.25) is 0 Å². The number of carbonyl (C=O) groups excluding carboxylic acids is 1. The Morgan fingerprint density at radius 1 is 1.10 bits per heavy atom. The van der Waals surface area contributed by atoms with Crippen molar-refractivity contribution in [3.05, 3.63) is 71.7 Å². The van der Waals surface area contributed by atoms with Crippen LogP contribution < -0.4 is 11.1 Å². The zero-order valence-corrected chi connectivity index (χ0v) is 21.8. The van der Waals surface area contributed by atoms with Crippen molar-refractivity contribution in [3.8, 4) is 11.3 Å². The van der Waals surface area contributed by atoms with Gasteiger partial charge in [0.25, 0.3) is 0 Å². The third-order valence-electron chi connectivity index (χ3n) is 7.81. The van der Waals surface area contributed by atoms with E-state index in [0.29, 0.717) is 41.8 Å². The summed E-state index contributed by atoms with van der Waals surface area (Å²) < 4.78 is 32.0. The number of anilines is 2. The number of nitrogens with one attached hydrogen (secondary N) is 1. The summed E-state index contributed by atoms with van der Waals surface area (Å²) in [6.45, 7) is 3.02. The molecule has 1 amide bonds. The van der Waals surface area contributed by atoms with Gasteiger partial charge >= 0.3 is 0 Å². The maximum atomic E-state index is 15.2. The van der Waals surface area contributed by atoms with Gasteiger partial charge in [-0.25, -0.2) is 13.8 Å². The first-order valence-corrected chi connectivity index (χ1v) is 13.4. The minimum absolute atomic E-state index is 0.00441. The van der Waals surface area contributed by atoms with Gasteiger partial charge in [-0.15, -0.1) is 0 Å². The minimum Gasteiger partial charge on any atom is -0.338 e. The highest BCUT2D eigenvalue weighted by Crippen LogP contribution is 2.39. The SMILES string of the molecule is CC1CC(N)CC(c2ccncc2Nc2ncc3ccc(-c4c(F)cc(CN5CCCC5=O)cc4F)nn23)C1. The molecule has 202 valence electrons. The largest absolute Gasteiger partial charge is 0.338 e. The second kappa shape index (κ2) is 10.3. The number of halogens is 2. The average Bonchev–Trinajstić information content (AvgIpc) is 3.49. The van der Waals surface area contributed by atoms with Crippen LogP contribution in [0.15, 0.2) is 48.9 Å². The molecule has 8 nitrogen and oxygen atoms in total. The van der Waals surface area contributed by atoms with E-state index in [0.717, 1.165) is 36.9 Å². The van der Waals surface area contributed by atoms with Crippen molar-refractivity contribution in [3.63, 3.8) is 0 Å². The second-order valence-electron chi connectivity index (χ2n) is 10.8. The normalized spacial score (nSPS) is 21.6. The Labute approximate surface area is 225 Å². The summed E-state index contributed by atoms with van der Waals surface area (Å²) in [5.74, 6) is -0.209. The maximum absolute atomic E-state index is 15.2. The van der Waals surface area contributed by atoms with E-state index in [1.807, 2.05) is 6.07 Å². The molecule has 1 saturated carbocycles. The Morgan fingerprint density at radius 2 is 1.92 bits per heavy atom. The van der Waals surface area contributed by atoms with Crippen LogP contribution in [0.5, 0.6) is 0 Å². The van der Waals surface area contributed by atoms with Gasteiger partial charge in [0, 0.05) is 31.7 Å². The Kier molecular flexibility index (Phi) is 6.72. The molecular weight excluding hydrogens is 500 g/mol. The van der Waals surface area contributed by atoms with Crippen LogP contribution in [0.4, 0.5) is 20.4 Å². The first-order valence-electron chi connectivity index (χ1n) is 13.4. The molecule has 0 radical (unpaired) electrons. The number of amides is 1. The fraction of sp³-hybridized carbons (Fsp3) is 0.379. The number of pyridine rings is 1. The zero-order chi connectivity index (χ0) is 27.1. The number of rotatable bonds is 6. The number of hydrogen-bond donors (Lipinski definition) is 2. The van der Waals surface area contributed by atoms with E-state index in [-0.39, 0.29) is 29.8 Å². The summed E-state index contributed by atoms with van der Waals surface area (Å²) in [5.41, 5.74) is 9.25. The lowest BCUT2D eigenvalue weighted by Gasteiger charge is -2.32. The number of nitrogens with two attached hydrogens (primary N) is 1. The van der Waals surface area contributed by atoms with Crippen molar-refractivity contribution in [1.82, 2.24) is 24.5 Å². The molecule has 3 aromatic heterocycles. The third kappa shape index (κ3) is 5.08. The first kappa shape index (κ1) is 25.4.